The molecule has 0 aromatic heterocycles. The number of carbonyl (C=O) groups excluding carboxylic acids is 3. The van der Waals surface area contributed by atoms with E-state index in [-0.39, 0.29) is 24.5 Å². The van der Waals surface area contributed by atoms with Gasteiger partial charge in [-0.3, -0.25) is 9.59 Å². The summed E-state index contributed by atoms with van der Waals surface area (Å²) in [5.74, 6) is -0.654. The fourth-order valence-corrected chi connectivity index (χ4v) is 2.51. The van der Waals surface area contributed by atoms with E-state index in [1.54, 1.807) is 13.1 Å². The van der Waals surface area contributed by atoms with E-state index >= 15 is 0 Å². The number of hydrogen-bond donors (Lipinski definition) is 1. The van der Waals surface area contributed by atoms with Gasteiger partial charge < -0.3 is 19.7 Å². The maximum Gasteiger partial charge on any atom is 0.338 e. The summed E-state index contributed by atoms with van der Waals surface area (Å²) in [6.07, 6.45) is -0.254. The largest absolute Gasteiger partial charge is 0.494 e. The Morgan fingerprint density at radius 3 is 2.33 bits per heavy atom. The van der Waals surface area contributed by atoms with Crippen LogP contribution in [0.1, 0.15) is 29.3 Å². The van der Waals surface area contributed by atoms with Crippen molar-refractivity contribution < 1.29 is 23.9 Å². The molecular weight excluding hydrogens is 386 g/mol. The fourth-order valence-electron chi connectivity index (χ4n) is 2.51. The van der Waals surface area contributed by atoms with Gasteiger partial charge in [0.15, 0.2) is 6.61 Å². The molecule has 0 spiro atoms. The average Bonchev–Trinajstić information content (AvgIpc) is 2.74. The molecule has 8 nitrogen and oxygen atoms in total. The van der Waals surface area contributed by atoms with Crippen LogP contribution in [0, 0.1) is 11.3 Å². The molecule has 2 amide bonds. The van der Waals surface area contributed by atoms with Gasteiger partial charge in [0.05, 0.1) is 18.2 Å². The minimum atomic E-state index is -0.646. The van der Waals surface area contributed by atoms with Gasteiger partial charge in [-0.2, -0.15) is 5.26 Å². The summed E-state index contributed by atoms with van der Waals surface area (Å²) >= 11 is 0. The topological polar surface area (TPSA) is 109 Å². The van der Waals surface area contributed by atoms with Gasteiger partial charge in [0.1, 0.15) is 12.2 Å². The second-order valence-electron chi connectivity index (χ2n) is 6.36. The molecule has 0 aliphatic carbocycles. The Bertz CT molecular complexity index is 917. The van der Waals surface area contributed by atoms with Crippen LogP contribution < -0.4 is 10.1 Å². The van der Waals surface area contributed by atoms with Crippen LogP contribution >= 0.6 is 0 Å². The third kappa shape index (κ3) is 6.95. The number of likely N-dealkylation sites (N-methyl/N-ethyl adjacent to an activating group) is 1. The highest BCUT2D eigenvalue weighted by Gasteiger charge is 2.14. The predicted octanol–water partition coefficient (Wildman–Crippen LogP) is 2.75. The van der Waals surface area contributed by atoms with Crippen molar-refractivity contribution in [1.29, 1.82) is 5.26 Å². The van der Waals surface area contributed by atoms with Crippen LogP contribution in [0.4, 0.5) is 5.69 Å². The van der Waals surface area contributed by atoms with Crippen molar-refractivity contribution in [1.82, 2.24) is 4.90 Å². The molecule has 156 valence electrons. The van der Waals surface area contributed by atoms with Crippen LogP contribution in [0.25, 0.3) is 0 Å². The van der Waals surface area contributed by atoms with Gasteiger partial charge in [-0.05, 0) is 48.9 Å². The molecule has 0 saturated heterocycles. The van der Waals surface area contributed by atoms with E-state index < -0.39 is 11.9 Å². The van der Waals surface area contributed by atoms with Crippen LogP contribution in [0.5, 0.6) is 5.75 Å². The van der Waals surface area contributed by atoms with E-state index in [9.17, 15) is 14.4 Å². The lowest BCUT2D eigenvalue weighted by Gasteiger charge is -2.17. The highest BCUT2D eigenvalue weighted by molar-refractivity contribution is 5.94. The molecule has 0 heterocycles. The summed E-state index contributed by atoms with van der Waals surface area (Å²) in [5, 5.41) is 11.0. The van der Waals surface area contributed by atoms with E-state index in [4.69, 9.17) is 14.7 Å². The molecule has 0 bridgehead atoms. The number of nitriles is 1. The van der Waals surface area contributed by atoms with Gasteiger partial charge in [0.2, 0.25) is 5.91 Å². The smallest absolute Gasteiger partial charge is 0.338 e. The predicted molar refractivity (Wildman–Crippen MR) is 110 cm³/mol. The maximum atomic E-state index is 12.2. The van der Waals surface area contributed by atoms with Gasteiger partial charge in [0, 0.05) is 19.3 Å². The van der Waals surface area contributed by atoms with E-state index in [0.29, 0.717) is 18.8 Å². The van der Waals surface area contributed by atoms with Crippen LogP contribution in [0.2, 0.25) is 0 Å². The molecule has 0 aliphatic heterocycles. The Balaban J connectivity index is 1.82. The van der Waals surface area contributed by atoms with Crippen molar-refractivity contribution >= 4 is 23.5 Å². The van der Waals surface area contributed by atoms with E-state index in [2.05, 4.69) is 5.32 Å². The minimum absolute atomic E-state index is 0.246. The second-order valence-corrected chi connectivity index (χ2v) is 6.36. The molecule has 2 aromatic carbocycles. The lowest BCUT2D eigenvalue weighted by molar-refractivity contribution is -0.133. The molecule has 8 heteroatoms. The molecule has 0 unspecified atom stereocenters. The van der Waals surface area contributed by atoms with E-state index in [0.717, 1.165) is 11.3 Å². The third-order valence-electron chi connectivity index (χ3n) is 4.05. The van der Waals surface area contributed by atoms with Gasteiger partial charge in [-0.1, -0.05) is 12.1 Å². The Morgan fingerprint density at radius 1 is 1.07 bits per heavy atom. The molecular formula is C22H23N3O5. The molecule has 2 rings (SSSR count). The highest BCUT2D eigenvalue weighted by atomic mass is 16.5. The number of benzene rings is 2. The first-order valence-corrected chi connectivity index (χ1v) is 9.32. The van der Waals surface area contributed by atoms with Crippen molar-refractivity contribution in [3.05, 3.63) is 59.7 Å². The van der Waals surface area contributed by atoms with Gasteiger partial charge >= 0.3 is 5.97 Å². The first-order valence-electron chi connectivity index (χ1n) is 9.32. The Hall–Kier alpha value is -3.86. The summed E-state index contributed by atoms with van der Waals surface area (Å²) in [7, 11) is 1.63. The van der Waals surface area contributed by atoms with Crippen LogP contribution in [-0.2, 0) is 20.9 Å². The molecule has 0 atom stereocenters. The number of esters is 1. The van der Waals surface area contributed by atoms with Crippen molar-refractivity contribution in [2.24, 2.45) is 0 Å². The molecule has 0 aliphatic rings. The SMILES string of the molecule is CCOc1ccc(CN(C)C(=O)COC(=O)c2ccc(NC(=O)CC#N)cc2)cc1. The fraction of sp³-hybridized carbons (Fsp3) is 0.273. The Morgan fingerprint density at radius 2 is 1.73 bits per heavy atom. The number of rotatable bonds is 9. The summed E-state index contributed by atoms with van der Waals surface area (Å²) in [6.45, 7) is 2.49. The Labute approximate surface area is 175 Å². The zero-order chi connectivity index (χ0) is 21.9. The molecule has 30 heavy (non-hydrogen) atoms. The molecule has 0 saturated carbocycles. The molecule has 2 aromatic rings. The number of carbonyl (C=O) groups is 3. The van der Waals surface area contributed by atoms with Crippen molar-refractivity contribution in [3.63, 3.8) is 0 Å². The van der Waals surface area contributed by atoms with Crippen LogP contribution in [0.15, 0.2) is 48.5 Å². The molecule has 0 fully saturated rings. The normalized spacial score (nSPS) is 9.90. The minimum Gasteiger partial charge on any atom is -0.494 e. The average molecular weight is 409 g/mol. The Kier molecular flexibility index (Phi) is 8.39. The van der Waals surface area contributed by atoms with Gasteiger partial charge in [-0.15, -0.1) is 0 Å². The van der Waals surface area contributed by atoms with Crippen molar-refractivity contribution in [3.8, 4) is 11.8 Å². The number of nitrogens with one attached hydrogen (secondary N) is 1. The number of anilines is 1. The first kappa shape index (κ1) is 22.4. The zero-order valence-electron chi connectivity index (χ0n) is 16.9. The number of hydrogen-bond acceptors (Lipinski definition) is 6. The van der Waals surface area contributed by atoms with Crippen LogP contribution in [0.3, 0.4) is 0 Å². The number of nitrogens with zero attached hydrogens (tertiary/aromatic N) is 2. The summed E-state index contributed by atoms with van der Waals surface area (Å²) in [5.41, 5.74) is 1.63. The van der Waals surface area contributed by atoms with E-state index in [1.165, 1.54) is 29.2 Å². The zero-order valence-corrected chi connectivity index (χ0v) is 16.9. The molecule has 1 N–H and O–H groups in total. The maximum absolute atomic E-state index is 12.2. The second kappa shape index (κ2) is 11.2. The molecule has 0 radical (unpaired) electrons. The quantitative estimate of drug-likeness (QED) is 0.638. The lowest BCUT2D eigenvalue weighted by atomic mass is 10.2. The van der Waals surface area contributed by atoms with Crippen molar-refractivity contribution in [2.45, 2.75) is 19.9 Å². The highest BCUT2D eigenvalue weighted by Crippen LogP contribution is 2.14. The van der Waals surface area contributed by atoms with Gasteiger partial charge in [0.25, 0.3) is 5.91 Å². The lowest BCUT2D eigenvalue weighted by Crippen LogP contribution is -2.30. The summed E-state index contributed by atoms with van der Waals surface area (Å²) in [6, 6.07) is 15.1. The first-order chi connectivity index (χ1) is 14.4. The summed E-state index contributed by atoms with van der Waals surface area (Å²) < 4.78 is 10.5. The van der Waals surface area contributed by atoms with E-state index in [1.807, 2.05) is 31.2 Å². The monoisotopic (exact) mass is 409 g/mol. The van der Waals surface area contributed by atoms with Crippen molar-refractivity contribution in [2.75, 3.05) is 25.6 Å². The van der Waals surface area contributed by atoms with Gasteiger partial charge in [-0.25, -0.2) is 4.79 Å². The standard InChI is InChI=1S/C22H23N3O5/c1-3-29-19-10-4-16(5-11-19)14-25(2)21(27)15-30-22(28)17-6-8-18(9-7-17)24-20(26)12-13-23/h4-11H,3,12,14-15H2,1-2H3,(H,24,26). The van der Waals surface area contributed by atoms with Crippen LogP contribution in [-0.4, -0.2) is 42.9 Å². The number of amides is 2. The summed E-state index contributed by atoms with van der Waals surface area (Å²) in [4.78, 5) is 37.2. The number of ether oxygens (including phenoxy) is 2. The third-order valence-corrected chi connectivity index (χ3v) is 4.05.